The summed E-state index contributed by atoms with van der Waals surface area (Å²) in [5.41, 5.74) is 8.28. The highest BCUT2D eigenvalue weighted by Gasteiger charge is 2.31. The van der Waals surface area contributed by atoms with Gasteiger partial charge in [-0.1, -0.05) is 36.4 Å². The molecule has 3 N–H and O–H groups in total. The second kappa shape index (κ2) is 8.90. The lowest BCUT2D eigenvalue weighted by Gasteiger charge is -2.17. The van der Waals surface area contributed by atoms with Crippen LogP contribution in [0.25, 0.3) is 10.9 Å². The largest absolute Gasteiger partial charge is 0.481 e. The number of rotatable bonds is 7. The zero-order chi connectivity index (χ0) is 24.5. The number of primary amides is 1. The number of carbonyl (C=O) groups excluding carboxylic acids is 2. The topological polar surface area (TPSA) is 124 Å². The van der Waals surface area contributed by atoms with Crippen LogP contribution in [0, 0.1) is 0 Å². The number of hydrogen-bond acceptors (Lipinski definition) is 5. The van der Waals surface area contributed by atoms with E-state index in [9.17, 15) is 19.5 Å². The molecular weight excluding hydrogens is 446 g/mol. The Morgan fingerprint density at radius 1 is 1.00 bits per heavy atom. The Hall–Kier alpha value is -4.72. The molecule has 2 heterocycles. The number of fused-ring (bicyclic) bond motifs is 3. The number of amides is 1. The van der Waals surface area contributed by atoms with Crippen LogP contribution in [0.1, 0.15) is 38.4 Å². The minimum atomic E-state index is -1.06. The van der Waals surface area contributed by atoms with Gasteiger partial charge >= 0.3 is 5.97 Å². The van der Waals surface area contributed by atoms with Crippen LogP contribution in [0.5, 0.6) is 11.5 Å². The van der Waals surface area contributed by atoms with Crippen molar-refractivity contribution in [3.05, 3.63) is 95.2 Å². The number of carboxylic acid groups (broad SMARTS) is 1. The third-order valence-electron chi connectivity index (χ3n) is 5.86. The Morgan fingerprint density at radius 3 is 2.49 bits per heavy atom. The van der Waals surface area contributed by atoms with Crippen molar-refractivity contribution in [2.75, 3.05) is 6.54 Å². The van der Waals surface area contributed by atoms with Crippen molar-refractivity contribution in [3.8, 4) is 11.5 Å². The van der Waals surface area contributed by atoms with Crippen LogP contribution < -0.4 is 10.5 Å². The normalized spacial score (nSPS) is 12.8. The van der Waals surface area contributed by atoms with Gasteiger partial charge in [0.1, 0.15) is 18.0 Å². The van der Waals surface area contributed by atoms with Gasteiger partial charge in [-0.15, -0.1) is 0 Å². The number of hydrogen-bond donors (Lipinski definition) is 2. The fraction of sp³-hybridized carbons (Fsp3) is 0.111. The minimum absolute atomic E-state index is 0.178. The lowest BCUT2D eigenvalue weighted by Crippen LogP contribution is -2.24. The summed E-state index contributed by atoms with van der Waals surface area (Å²) in [5, 5.41) is 9.89. The molecule has 0 saturated carbocycles. The van der Waals surface area contributed by atoms with Gasteiger partial charge in [0.05, 0.1) is 28.9 Å². The molecule has 0 saturated heterocycles. The summed E-state index contributed by atoms with van der Waals surface area (Å²) in [7, 11) is 0. The highest BCUT2D eigenvalue weighted by molar-refractivity contribution is 6.26. The number of Topliss-reactive ketones (excluding diaryl/α,β-unsaturated/α-hetero) is 1. The van der Waals surface area contributed by atoms with Crippen molar-refractivity contribution < 1.29 is 24.2 Å². The quantitative estimate of drug-likeness (QED) is 0.424. The smallest absolute Gasteiger partial charge is 0.309 e. The first kappa shape index (κ1) is 22.1. The Bertz CT molecular complexity index is 1520. The van der Waals surface area contributed by atoms with E-state index in [2.05, 4.69) is 4.99 Å². The van der Waals surface area contributed by atoms with Crippen molar-refractivity contribution in [1.82, 2.24) is 4.57 Å². The number of nitrogens with two attached hydrogens (primary N) is 1. The minimum Gasteiger partial charge on any atom is -0.481 e. The lowest BCUT2D eigenvalue weighted by atomic mass is 9.96. The van der Waals surface area contributed by atoms with Crippen LogP contribution >= 0.6 is 0 Å². The second-order valence-corrected chi connectivity index (χ2v) is 8.19. The van der Waals surface area contributed by atoms with Crippen LogP contribution in [-0.4, -0.2) is 39.6 Å². The van der Waals surface area contributed by atoms with Gasteiger partial charge in [-0.2, -0.15) is 0 Å². The summed E-state index contributed by atoms with van der Waals surface area (Å²) in [6.07, 6.45) is -0.348. The first-order valence-electron chi connectivity index (χ1n) is 11.0. The summed E-state index contributed by atoms with van der Waals surface area (Å²) in [5.74, 6) is -0.681. The Morgan fingerprint density at radius 2 is 1.74 bits per heavy atom. The Labute approximate surface area is 200 Å². The molecule has 3 aromatic carbocycles. The molecule has 0 radical (unpaired) electrons. The monoisotopic (exact) mass is 467 g/mol. The van der Waals surface area contributed by atoms with Crippen molar-refractivity contribution in [3.63, 3.8) is 0 Å². The standard InChI is InChI=1S/C27H21N3O5/c28-27(34)19-10-5-11-21-24(19)25-22(31)14-29-20(13-23(32)33)26(25)30(21)15-16-6-4-9-18(12-16)35-17-7-2-1-3-8-17/h1-12H,13-15H2,(H2,28,34)(H,32,33). The van der Waals surface area contributed by atoms with E-state index in [1.165, 1.54) is 0 Å². The number of aliphatic carboxylic acids is 1. The van der Waals surface area contributed by atoms with Crippen molar-refractivity contribution >= 4 is 34.3 Å². The molecule has 0 fully saturated rings. The number of carbonyl (C=O) groups is 3. The van der Waals surface area contributed by atoms with E-state index in [0.717, 1.165) is 5.56 Å². The number of benzene rings is 3. The molecule has 0 aliphatic carbocycles. The second-order valence-electron chi connectivity index (χ2n) is 8.19. The maximum Gasteiger partial charge on any atom is 0.309 e. The Balaban J connectivity index is 1.66. The summed E-state index contributed by atoms with van der Waals surface area (Å²) < 4.78 is 7.78. The first-order valence-corrected chi connectivity index (χ1v) is 11.0. The molecular formula is C27H21N3O5. The van der Waals surface area contributed by atoms with Crippen LogP contribution in [0.15, 0.2) is 77.8 Å². The van der Waals surface area contributed by atoms with E-state index >= 15 is 0 Å². The predicted octanol–water partition coefficient (Wildman–Crippen LogP) is 4.04. The average molecular weight is 467 g/mol. The number of carboxylic acids is 1. The number of ether oxygens (including phenoxy) is 1. The van der Waals surface area contributed by atoms with E-state index < -0.39 is 11.9 Å². The van der Waals surface area contributed by atoms with E-state index in [1.807, 2.05) is 59.2 Å². The molecule has 0 spiro atoms. The highest BCUT2D eigenvalue weighted by Crippen LogP contribution is 2.34. The van der Waals surface area contributed by atoms with E-state index in [0.29, 0.717) is 34.6 Å². The third-order valence-corrected chi connectivity index (χ3v) is 5.86. The van der Waals surface area contributed by atoms with Crippen LogP contribution in [0.2, 0.25) is 0 Å². The third kappa shape index (κ3) is 4.17. The number of aromatic nitrogens is 1. The highest BCUT2D eigenvalue weighted by atomic mass is 16.5. The molecule has 1 aliphatic heterocycles. The maximum absolute atomic E-state index is 13.0. The van der Waals surface area contributed by atoms with Gasteiger partial charge in [0, 0.05) is 17.5 Å². The summed E-state index contributed by atoms with van der Waals surface area (Å²) in [6.45, 7) is 0.119. The van der Waals surface area contributed by atoms with E-state index in [1.54, 1.807) is 18.2 Å². The summed E-state index contributed by atoms with van der Waals surface area (Å²) >= 11 is 0. The molecule has 0 unspecified atom stereocenters. The average Bonchev–Trinajstić information content (AvgIpc) is 3.17. The number of nitrogens with zero attached hydrogens (tertiary/aromatic N) is 2. The summed E-state index contributed by atoms with van der Waals surface area (Å²) in [4.78, 5) is 41.0. The molecule has 1 aliphatic rings. The lowest BCUT2D eigenvalue weighted by molar-refractivity contribution is -0.135. The zero-order valence-electron chi connectivity index (χ0n) is 18.6. The SMILES string of the molecule is NC(=O)c1cccc2c1c1c(n2Cc2cccc(Oc3ccccc3)c2)C(CC(=O)O)=NCC1=O. The molecule has 0 bridgehead atoms. The first-order chi connectivity index (χ1) is 16.9. The zero-order valence-corrected chi connectivity index (χ0v) is 18.6. The molecule has 8 nitrogen and oxygen atoms in total. The number of para-hydroxylation sites is 1. The van der Waals surface area contributed by atoms with Gasteiger partial charge < -0.3 is 20.1 Å². The maximum atomic E-state index is 13.0. The molecule has 0 atom stereocenters. The van der Waals surface area contributed by atoms with Crippen molar-refractivity contribution in [2.45, 2.75) is 13.0 Å². The number of aliphatic imine (C=N–C) groups is 1. The van der Waals surface area contributed by atoms with Gasteiger partial charge in [0.15, 0.2) is 5.78 Å². The molecule has 5 rings (SSSR count). The molecule has 8 heteroatoms. The van der Waals surface area contributed by atoms with Gasteiger partial charge in [0.2, 0.25) is 5.91 Å². The predicted molar refractivity (Wildman–Crippen MR) is 131 cm³/mol. The summed E-state index contributed by atoms with van der Waals surface area (Å²) in [6, 6.07) is 21.9. The van der Waals surface area contributed by atoms with Gasteiger partial charge in [-0.3, -0.25) is 19.4 Å². The van der Waals surface area contributed by atoms with Crippen LogP contribution in [0.4, 0.5) is 0 Å². The molecule has 174 valence electrons. The van der Waals surface area contributed by atoms with Crippen molar-refractivity contribution in [1.29, 1.82) is 0 Å². The fourth-order valence-corrected chi connectivity index (χ4v) is 4.46. The van der Waals surface area contributed by atoms with Crippen molar-refractivity contribution in [2.24, 2.45) is 10.7 Å². The van der Waals surface area contributed by atoms with E-state index in [4.69, 9.17) is 10.5 Å². The van der Waals surface area contributed by atoms with Gasteiger partial charge in [-0.25, -0.2) is 0 Å². The number of ketones is 1. The van der Waals surface area contributed by atoms with Gasteiger partial charge in [0.25, 0.3) is 0 Å². The molecule has 1 aromatic heterocycles. The van der Waals surface area contributed by atoms with E-state index in [-0.39, 0.29) is 35.6 Å². The Kier molecular flexibility index (Phi) is 5.62. The van der Waals surface area contributed by atoms with Gasteiger partial charge in [-0.05, 0) is 42.0 Å². The van der Waals surface area contributed by atoms with Crippen LogP contribution in [-0.2, 0) is 11.3 Å². The fourth-order valence-electron chi connectivity index (χ4n) is 4.46. The molecule has 1 amide bonds. The van der Waals surface area contributed by atoms with Crippen LogP contribution in [0.3, 0.4) is 0 Å². The molecule has 4 aromatic rings. The molecule has 35 heavy (non-hydrogen) atoms.